The summed E-state index contributed by atoms with van der Waals surface area (Å²) in [5.74, 6) is -0.967. The fourth-order valence-corrected chi connectivity index (χ4v) is 3.08. The second kappa shape index (κ2) is 9.75. The van der Waals surface area contributed by atoms with Crippen LogP contribution in [0.1, 0.15) is 11.1 Å². The summed E-state index contributed by atoms with van der Waals surface area (Å²) < 4.78 is 5.23. The minimum atomic E-state index is -0.752. The standard InChI is InChI=1S/C23H21ClN2O3/c1-29-21-13-12-19(24)14-20(21)25-22(27)23(28)26(15-17-8-4-2-5-9-17)16-18-10-6-3-7-11-18/h2-14H,15-16H2,1H3,(H,25,27). The van der Waals surface area contributed by atoms with Crippen LogP contribution in [-0.2, 0) is 22.7 Å². The third-order valence-electron chi connectivity index (χ3n) is 4.32. The number of nitrogens with one attached hydrogen (secondary N) is 1. The number of hydrogen-bond donors (Lipinski definition) is 1. The van der Waals surface area contributed by atoms with Crippen molar-refractivity contribution in [1.29, 1.82) is 0 Å². The van der Waals surface area contributed by atoms with E-state index in [1.54, 1.807) is 18.2 Å². The number of nitrogens with zero attached hydrogens (tertiary/aromatic N) is 1. The van der Waals surface area contributed by atoms with Crippen LogP contribution >= 0.6 is 11.6 Å². The molecule has 148 valence electrons. The number of anilines is 1. The molecule has 5 nitrogen and oxygen atoms in total. The molecule has 0 aromatic heterocycles. The Morgan fingerprint density at radius 2 is 1.45 bits per heavy atom. The topological polar surface area (TPSA) is 58.6 Å². The van der Waals surface area contributed by atoms with Crippen molar-refractivity contribution in [3.05, 3.63) is 95.0 Å². The molecule has 1 N–H and O–H groups in total. The molecule has 6 heteroatoms. The van der Waals surface area contributed by atoms with Crippen LogP contribution in [0.4, 0.5) is 5.69 Å². The van der Waals surface area contributed by atoms with Gasteiger partial charge in [0.05, 0.1) is 12.8 Å². The van der Waals surface area contributed by atoms with Crippen LogP contribution in [0, 0.1) is 0 Å². The normalized spacial score (nSPS) is 10.3. The van der Waals surface area contributed by atoms with E-state index in [1.165, 1.54) is 12.0 Å². The number of hydrogen-bond acceptors (Lipinski definition) is 3. The van der Waals surface area contributed by atoms with Gasteiger partial charge in [-0.1, -0.05) is 72.3 Å². The van der Waals surface area contributed by atoms with Crippen molar-refractivity contribution in [3.8, 4) is 5.75 Å². The van der Waals surface area contributed by atoms with E-state index in [1.807, 2.05) is 60.7 Å². The van der Waals surface area contributed by atoms with Crippen molar-refractivity contribution in [1.82, 2.24) is 4.90 Å². The van der Waals surface area contributed by atoms with E-state index in [0.717, 1.165) is 11.1 Å². The van der Waals surface area contributed by atoms with Gasteiger partial charge >= 0.3 is 11.8 Å². The van der Waals surface area contributed by atoms with Crippen LogP contribution in [-0.4, -0.2) is 23.8 Å². The smallest absolute Gasteiger partial charge is 0.314 e. The molecule has 2 amide bonds. The van der Waals surface area contributed by atoms with Gasteiger partial charge in [-0.2, -0.15) is 0 Å². The number of benzene rings is 3. The van der Waals surface area contributed by atoms with Gasteiger partial charge in [0, 0.05) is 18.1 Å². The molecule has 0 unspecified atom stereocenters. The molecule has 0 fully saturated rings. The Hall–Kier alpha value is -3.31. The first kappa shape index (κ1) is 20.4. The highest BCUT2D eigenvalue weighted by Crippen LogP contribution is 2.27. The van der Waals surface area contributed by atoms with E-state index in [4.69, 9.17) is 16.3 Å². The average molecular weight is 409 g/mol. The van der Waals surface area contributed by atoms with Crippen LogP contribution < -0.4 is 10.1 Å². The molecule has 0 bridgehead atoms. The van der Waals surface area contributed by atoms with E-state index < -0.39 is 11.8 Å². The number of carbonyl (C=O) groups is 2. The summed E-state index contributed by atoms with van der Waals surface area (Å²) in [4.78, 5) is 27.2. The first-order valence-electron chi connectivity index (χ1n) is 9.08. The van der Waals surface area contributed by atoms with Gasteiger partial charge in [0.15, 0.2) is 0 Å². The van der Waals surface area contributed by atoms with E-state index in [2.05, 4.69) is 5.32 Å². The zero-order chi connectivity index (χ0) is 20.6. The summed E-state index contributed by atoms with van der Waals surface area (Å²) in [6.45, 7) is 0.628. The Bertz CT molecular complexity index is 936. The molecule has 0 radical (unpaired) electrons. The summed E-state index contributed by atoms with van der Waals surface area (Å²) in [6.07, 6.45) is 0. The van der Waals surface area contributed by atoms with Gasteiger partial charge in [0.25, 0.3) is 0 Å². The van der Waals surface area contributed by atoms with E-state index in [9.17, 15) is 9.59 Å². The Kier molecular flexibility index (Phi) is 6.87. The van der Waals surface area contributed by atoms with Crippen molar-refractivity contribution >= 4 is 29.1 Å². The van der Waals surface area contributed by atoms with E-state index in [-0.39, 0.29) is 0 Å². The Balaban J connectivity index is 1.81. The van der Waals surface area contributed by atoms with Crippen LogP contribution in [0.25, 0.3) is 0 Å². The molecule has 0 saturated carbocycles. The van der Waals surface area contributed by atoms with Crippen molar-refractivity contribution < 1.29 is 14.3 Å². The van der Waals surface area contributed by atoms with Gasteiger partial charge in [0.1, 0.15) is 5.75 Å². The fourth-order valence-electron chi connectivity index (χ4n) is 2.90. The first-order valence-corrected chi connectivity index (χ1v) is 9.46. The minimum Gasteiger partial charge on any atom is -0.495 e. The molecule has 3 aromatic rings. The number of rotatable bonds is 6. The average Bonchev–Trinajstić information content (AvgIpc) is 2.74. The molecule has 0 aliphatic rings. The maximum atomic E-state index is 13.0. The number of halogens is 1. The number of ether oxygens (including phenoxy) is 1. The Labute approximate surface area is 174 Å². The summed E-state index contributed by atoms with van der Waals surface area (Å²) in [5.41, 5.74) is 2.22. The van der Waals surface area contributed by atoms with Crippen molar-refractivity contribution in [2.75, 3.05) is 12.4 Å². The highest BCUT2D eigenvalue weighted by atomic mass is 35.5. The van der Waals surface area contributed by atoms with Crippen molar-refractivity contribution in [3.63, 3.8) is 0 Å². The molecule has 3 aromatic carbocycles. The first-order chi connectivity index (χ1) is 14.1. The van der Waals surface area contributed by atoms with E-state index >= 15 is 0 Å². The lowest BCUT2D eigenvalue weighted by molar-refractivity contribution is -0.144. The second-order valence-electron chi connectivity index (χ2n) is 6.43. The molecule has 0 aliphatic heterocycles. The fraction of sp³-hybridized carbons (Fsp3) is 0.130. The van der Waals surface area contributed by atoms with Gasteiger partial charge in [-0.15, -0.1) is 0 Å². The van der Waals surface area contributed by atoms with Gasteiger partial charge in [-0.05, 0) is 29.3 Å². The number of amides is 2. The molecular weight excluding hydrogens is 388 g/mol. The summed E-state index contributed by atoms with van der Waals surface area (Å²) in [5, 5.41) is 3.04. The largest absolute Gasteiger partial charge is 0.495 e. The molecular formula is C23H21ClN2O3. The van der Waals surface area contributed by atoms with E-state index in [0.29, 0.717) is 29.5 Å². The number of carbonyl (C=O) groups excluding carboxylic acids is 2. The highest BCUT2D eigenvalue weighted by molar-refractivity contribution is 6.40. The molecule has 3 rings (SSSR count). The van der Waals surface area contributed by atoms with Gasteiger partial charge in [-0.25, -0.2) is 0 Å². The van der Waals surface area contributed by atoms with Crippen LogP contribution in [0.15, 0.2) is 78.9 Å². The summed E-state index contributed by atoms with van der Waals surface area (Å²) in [6, 6.07) is 23.9. The monoisotopic (exact) mass is 408 g/mol. The maximum absolute atomic E-state index is 13.0. The van der Waals surface area contributed by atoms with Gasteiger partial charge < -0.3 is 15.0 Å². The molecule has 0 aliphatic carbocycles. The third-order valence-corrected chi connectivity index (χ3v) is 4.56. The molecule has 0 atom stereocenters. The third kappa shape index (κ3) is 5.59. The summed E-state index contributed by atoms with van der Waals surface area (Å²) >= 11 is 6.01. The zero-order valence-electron chi connectivity index (χ0n) is 16.0. The summed E-state index contributed by atoms with van der Waals surface area (Å²) in [7, 11) is 1.48. The Morgan fingerprint density at radius 3 is 1.97 bits per heavy atom. The SMILES string of the molecule is COc1ccc(Cl)cc1NC(=O)C(=O)N(Cc1ccccc1)Cc1ccccc1. The lowest BCUT2D eigenvalue weighted by atomic mass is 10.1. The van der Waals surface area contributed by atoms with Gasteiger partial charge in [-0.3, -0.25) is 9.59 Å². The number of methoxy groups -OCH3 is 1. The second-order valence-corrected chi connectivity index (χ2v) is 6.87. The van der Waals surface area contributed by atoms with Crippen LogP contribution in [0.2, 0.25) is 5.02 Å². The minimum absolute atomic E-state index is 0.314. The Morgan fingerprint density at radius 1 is 0.897 bits per heavy atom. The maximum Gasteiger partial charge on any atom is 0.314 e. The van der Waals surface area contributed by atoms with Crippen molar-refractivity contribution in [2.24, 2.45) is 0 Å². The molecule has 0 spiro atoms. The molecule has 0 heterocycles. The zero-order valence-corrected chi connectivity index (χ0v) is 16.7. The predicted octanol–water partition coefficient (Wildman–Crippen LogP) is 4.52. The predicted molar refractivity (Wildman–Crippen MR) is 114 cm³/mol. The van der Waals surface area contributed by atoms with Gasteiger partial charge in [0.2, 0.25) is 0 Å². The van der Waals surface area contributed by atoms with Crippen LogP contribution in [0.5, 0.6) is 5.75 Å². The molecule has 29 heavy (non-hydrogen) atoms. The molecule has 0 saturated heterocycles. The lowest BCUT2D eigenvalue weighted by Gasteiger charge is -2.23. The van der Waals surface area contributed by atoms with Crippen molar-refractivity contribution in [2.45, 2.75) is 13.1 Å². The quantitative estimate of drug-likeness (QED) is 0.610. The van der Waals surface area contributed by atoms with Crippen LogP contribution in [0.3, 0.4) is 0 Å². The lowest BCUT2D eigenvalue weighted by Crippen LogP contribution is -2.39. The highest BCUT2D eigenvalue weighted by Gasteiger charge is 2.23.